The van der Waals surface area contributed by atoms with Gasteiger partial charge in [0.05, 0.1) is 18.0 Å². The lowest BCUT2D eigenvalue weighted by Gasteiger charge is -2.31. The summed E-state index contributed by atoms with van der Waals surface area (Å²) in [5.41, 5.74) is 3.48. The number of hydrogen-bond donors (Lipinski definition) is 1. The van der Waals surface area contributed by atoms with Crippen LogP contribution in [0.25, 0.3) is 0 Å². The largest absolute Gasteiger partial charge is 0.347 e. The van der Waals surface area contributed by atoms with Gasteiger partial charge in [-0.2, -0.15) is 0 Å². The number of rotatable bonds is 8. The van der Waals surface area contributed by atoms with Crippen LogP contribution in [0.4, 0.5) is 10.1 Å². The molecule has 2 aromatic rings. The number of aryl methyl sites for hydroxylation is 2. The number of benzene rings is 2. The van der Waals surface area contributed by atoms with E-state index in [0.29, 0.717) is 6.42 Å². The van der Waals surface area contributed by atoms with Crippen LogP contribution in [0.15, 0.2) is 42.5 Å². The molecular formula is C22H29FN2O3S. The Labute approximate surface area is 173 Å². The molecule has 0 aromatic heterocycles. The summed E-state index contributed by atoms with van der Waals surface area (Å²) >= 11 is 0. The molecule has 0 saturated heterocycles. The lowest BCUT2D eigenvalue weighted by molar-refractivity contribution is -0.123. The average molecular weight is 421 g/mol. The topological polar surface area (TPSA) is 66.5 Å². The van der Waals surface area contributed by atoms with Crippen LogP contribution in [0.3, 0.4) is 0 Å². The maximum absolute atomic E-state index is 13.3. The molecular weight excluding hydrogens is 391 g/mol. The lowest BCUT2D eigenvalue weighted by atomic mass is 9.97. The van der Waals surface area contributed by atoms with Crippen LogP contribution in [-0.4, -0.2) is 26.6 Å². The van der Waals surface area contributed by atoms with Crippen molar-refractivity contribution in [3.8, 4) is 0 Å². The third-order valence-corrected chi connectivity index (χ3v) is 6.12. The Morgan fingerprint density at radius 1 is 1.07 bits per heavy atom. The van der Waals surface area contributed by atoms with Crippen molar-refractivity contribution in [3.05, 3.63) is 65.0 Å². The lowest BCUT2D eigenvalue weighted by Crippen LogP contribution is -2.50. The molecule has 0 spiro atoms. The molecule has 158 valence electrons. The van der Waals surface area contributed by atoms with E-state index in [1.165, 1.54) is 24.3 Å². The fourth-order valence-corrected chi connectivity index (χ4v) is 4.74. The monoisotopic (exact) mass is 420 g/mol. The maximum Gasteiger partial charge on any atom is 0.244 e. The third kappa shape index (κ3) is 5.56. The molecule has 0 saturated carbocycles. The summed E-state index contributed by atoms with van der Waals surface area (Å²) in [5, 5.41) is 3.01. The van der Waals surface area contributed by atoms with Crippen molar-refractivity contribution in [1.29, 1.82) is 0 Å². The summed E-state index contributed by atoms with van der Waals surface area (Å²) < 4.78 is 39.4. The van der Waals surface area contributed by atoms with Gasteiger partial charge in [0, 0.05) is 0 Å². The van der Waals surface area contributed by atoms with Crippen molar-refractivity contribution in [3.63, 3.8) is 0 Å². The standard InChI is InChI=1S/C22H29FN2O3S/c1-6-20(19-13-8-15(3)14-16(19)4)24-22(26)21(7-2)25(29(5,27)28)18-11-9-17(23)10-12-18/h8-14,20-21H,6-7H2,1-5H3,(H,24,26). The van der Waals surface area contributed by atoms with Crippen molar-refractivity contribution in [2.24, 2.45) is 0 Å². The molecule has 0 aliphatic rings. The molecule has 0 radical (unpaired) electrons. The first kappa shape index (κ1) is 22.9. The van der Waals surface area contributed by atoms with Gasteiger partial charge in [-0.3, -0.25) is 9.10 Å². The number of nitrogens with one attached hydrogen (secondary N) is 1. The molecule has 2 unspecified atom stereocenters. The Morgan fingerprint density at radius 2 is 1.69 bits per heavy atom. The summed E-state index contributed by atoms with van der Waals surface area (Å²) in [4.78, 5) is 13.1. The van der Waals surface area contributed by atoms with Crippen LogP contribution in [-0.2, 0) is 14.8 Å². The molecule has 2 aromatic carbocycles. The van der Waals surface area contributed by atoms with Crippen molar-refractivity contribution in [2.75, 3.05) is 10.6 Å². The Morgan fingerprint density at radius 3 is 2.17 bits per heavy atom. The number of anilines is 1. The Kier molecular flexibility index (Phi) is 7.41. The van der Waals surface area contributed by atoms with Gasteiger partial charge in [-0.25, -0.2) is 12.8 Å². The van der Waals surface area contributed by atoms with Gasteiger partial charge in [0.2, 0.25) is 15.9 Å². The molecule has 1 N–H and O–H groups in total. The van der Waals surface area contributed by atoms with Crippen LogP contribution in [0.5, 0.6) is 0 Å². The van der Waals surface area contributed by atoms with Gasteiger partial charge in [-0.15, -0.1) is 0 Å². The van der Waals surface area contributed by atoms with E-state index in [0.717, 1.165) is 27.3 Å². The number of halogens is 1. The fraction of sp³-hybridized carbons (Fsp3) is 0.409. The zero-order valence-electron chi connectivity index (χ0n) is 17.6. The Balaban J connectivity index is 2.36. The van der Waals surface area contributed by atoms with Crippen LogP contribution in [0.2, 0.25) is 0 Å². The van der Waals surface area contributed by atoms with Crippen molar-refractivity contribution in [2.45, 2.75) is 52.6 Å². The molecule has 1 amide bonds. The number of sulfonamides is 1. The van der Waals surface area contributed by atoms with Gasteiger partial charge in [-0.1, -0.05) is 37.6 Å². The highest BCUT2D eigenvalue weighted by Crippen LogP contribution is 2.25. The van der Waals surface area contributed by atoms with Gasteiger partial charge in [0.25, 0.3) is 0 Å². The van der Waals surface area contributed by atoms with Crippen molar-refractivity contribution < 1.29 is 17.6 Å². The van der Waals surface area contributed by atoms with Gasteiger partial charge in [0.15, 0.2) is 0 Å². The van der Waals surface area contributed by atoms with E-state index in [1.807, 2.05) is 32.9 Å². The van der Waals surface area contributed by atoms with E-state index in [9.17, 15) is 17.6 Å². The maximum atomic E-state index is 13.3. The second-order valence-electron chi connectivity index (χ2n) is 7.29. The SMILES string of the molecule is CCC(NC(=O)C(CC)N(c1ccc(F)cc1)S(C)(=O)=O)c1ccc(C)cc1C. The predicted octanol–water partition coefficient (Wildman–Crippen LogP) is 4.25. The van der Waals surface area contributed by atoms with Crippen LogP contribution in [0, 0.1) is 19.7 Å². The Bertz CT molecular complexity index is 959. The average Bonchev–Trinajstić information content (AvgIpc) is 2.64. The summed E-state index contributed by atoms with van der Waals surface area (Å²) in [6, 6.07) is 9.99. The highest BCUT2D eigenvalue weighted by molar-refractivity contribution is 7.92. The van der Waals surface area contributed by atoms with E-state index >= 15 is 0 Å². The number of nitrogens with zero attached hydrogens (tertiary/aromatic N) is 1. The summed E-state index contributed by atoms with van der Waals surface area (Å²) in [6.07, 6.45) is 1.99. The fourth-order valence-electron chi connectivity index (χ4n) is 3.53. The minimum absolute atomic E-state index is 0.230. The zero-order chi connectivity index (χ0) is 21.8. The van der Waals surface area contributed by atoms with E-state index in [4.69, 9.17) is 0 Å². The molecule has 0 heterocycles. The van der Waals surface area contributed by atoms with E-state index in [-0.39, 0.29) is 24.1 Å². The first-order valence-corrected chi connectivity index (χ1v) is 11.6. The number of amides is 1. The molecule has 0 aliphatic heterocycles. The highest BCUT2D eigenvalue weighted by Gasteiger charge is 2.32. The molecule has 0 fully saturated rings. The van der Waals surface area contributed by atoms with Crippen molar-refractivity contribution in [1.82, 2.24) is 5.32 Å². The molecule has 7 heteroatoms. The first-order valence-electron chi connectivity index (χ1n) is 9.71. The molecule has 2 atom stereocenters. The molecule has 0 bridgehead atoms. The normalized spacial score (nSPS) is 13.6. The summed E-state index contributed by atoms with van der Waals surface area (Å²) in [6.45, 7) is 7.73. The number of carbonyl (C=O) groups excluding carboxylic acids is 1. The first-order chi connectivity index (χ1) is 13.6. The number of hydrogen-bond acceptors (Lipinski definition) is 3. The van der Waals surface area contributed by atoms with Crippen LogP contribution < -0.4 is 9.62 Å². The highest BCUT2D eigenvalue weighted by atomic mass is 32.2. The van der Waals surface area contributed by atoms with E-state index in [1.54, 1.807) is 6.92 Å². The van der Waals surface area contributed by atoms with Gasteiger partial charge >= 0.3 is 0 Å². The van der Waals surface area contributed by atoms with Crippen LogP contribution >= 0.6 is 0 Å². The molecule has 0 aliphatic carbocycles. The van der Waals surface area contributed by atoms with Crippen molar-refractivity contribution >= 4 is 21.6 Å². The van der Waals surface area contributed by atoms with Crippen LogP contribution in [0.1, 0.15) is 49.4 Å². The van der Waals surface area contributed by atoms with E-state index < -0.39 is 21.9 Å². The minimum Gasteiger partial charge on any atom is -0.347 e. The summed E-state index contributed by atoms with van der Waals surface area (Å²) in [5.74, 6) is -0.852. The second kappa shape index (κ2) is 9.39. The second-order valence-corrected chi connectivity index (χ2v) is 9.15. The van der Waals surface area contributed by atoms with Gasteiger partial charge in [-0.05, 0) is 62.1 Å². The number of carbonyl (C=O) groups is 1. The predicted molar refractivity (Wildman–Crippen MR) is 115 cm³/mol. The Hall–Kier alpha value is -2.41. The molecule has 29 heavy (non-hydrogen) atoms. The molecule has 5 nitrogen and oxygen atoms in total. The zero-order valence-corrected chi connectivity index (χ0v) is 18.4. The third-order valence-electron chi connectivity index (χ3n) is 4.94. The molecule has 2 rings (SSSR count). The quantitative estimate of drug-likeness (QED) is 0.694. The summed E-state index contributed by atoms with van der Waals surface area (Å²) in [7, 11) is -3.76. The minimum atomic E-state index is -3.76. The smallest absolute Gasteiger partial charge is 0.244 e. The van der Waals surface area contributed by atoms with Gasteiger partial charge in [0.1, 0.15) is 11.9 Å². The van der Waals surface area contributed by atoms with E-state index in [2.05, 4.69) is 11.4 Å². The van der Waals surface area contributed by atoms with Gasteiger partial charge < -0.3 is 5.32 Å².